The average molecular weight is 328 g/mol. The van der Waals surface area contributed by atoms with Gasteiger partial charge in [-0.1, -0.05) is 12.2 Å². The largest absolute Gasteiger partial charge is 0.454 e. The predicted molar refractivity (Wildman–Crippen MR) is 83.3 cm³/mol. The summed E-state index contributed by atoms with van der Waals surface area (Å²) in [7, 11) is 0. The Morgan fingerprint density at radius 2 is 1.75 bits per heavy atom. The summed E-state index contributed by atoms with van der Waals surface area (Å²) in [5, 5.41) is 2.68. The molecule has 0 saturated carbocycles. The van der Waals surface area contributed by atoms with E-state index in [1.54, 1.807) is 18.2 Å². The van der Waals surface area contributed by atoms with Gasteiger partial charge >= 0.3 is 0 Å². The Balaban J connectivity index is 1.43. The number of benzene rings is 1. The second-order valence-electron chi connectivity index (χ2n) is 6.03. The fourth-order valence-corrected chi connectivity index (χ4v) is 3.34. The molecule has 7 nitrogen and oxygen atoms in total. The summed E-state index contributed by atoms with van der Waals surface area (Å²) in [6, 6.07) is 5.03. The van der Waals surface area contributed by atoms with Gasteiger partial charge in [0.15, 0.2) is 11.5 Å². The predicted octanol–water partition coefficient (Wildman–Crippen LogP) is 1.30. The second-order valence-corrected chi connectivity index (χ2v) is 6.03. The average Bonchev–Trinajstić information content (AvgIpc) is 3.14. The molecular weight excluding hydrogens is 312 g/mol. The third kappa shape index (κ3) is 2.42. The molecule has 0 aromatic heterocycles. The van der Waals surface area contributed by atoms with Crippen LogP contribution in [0.15, 0.2) is 30.4 Å². The van der Waals surface area contributed by atoms with Crippen LogP contribution in [0.25, 0.3) is 0 Å². The van der Waals surface area contributed by atoms with Crippen LogP contribution in [0.5, 0.6) is 11.5 Å². The van der Waals surface area contributed by atoms with Gasteiger partial charge in [0, 0.05) is 11.8 Å². The molecule has 1 N–H and O–H groups in total. The molecule has 7 heteroatoms. The van der Waals surface area contributed by atoms with Crippen molar-refractivity contribution in [3.05, 3.63) is 30.4 Å². The van der Waals surface area contributed by atoms with Crippen LogP contribution in [0.3, 0.4) is 0 Å². The summed E-state index contributed by atoms with van der Waals surface area (Å²) in [5.74, 6) is -0.387. The van der Waals surface area contributed by atoms with Crippen LogP contribution < -0.4 is 14.8 Å². The van der Waals surface area contributed by atoms with Crippen molar-refractivity contribution >= 4 is 23.4 Å². The molecular formula is C17H16N2O5. The van der Waals surface area contributed by atoms with Crippen molar-refractivity contribution in [3.8, 4) is 11.5 Å². The van der Waals surface area contributed by atoms with Gasteiger partial charge in [-0.2, -0.15) is 0 Å². The van der Waals surface area contributed by atoms with E-state index in [0.717, 1.165) is 4.90 Å². The lowest BCUT2D eigenvalue weighted by molar-refractivity contribution is -0.142. The minimum atomic E-state index is -0.415. The molecule has 3 amide bonds. The highest BCUT2D eigenvalue weighted by Gasteiger charge is 2.47. The second kappa shape index (κ2) is 5.67. The maximum Gasteiger partial charge on any atom is 0.244 e. The molecule has 1 aromatic carbocycles. The van der Waals surface area contributed by atoms with Crippen LogP contribution in [0.2, 0.25) is 0 Å². The summed E-state index contributed by atoms with van der Waals surface area (Å²) >= 11 is 0. The number of carbonyl (C=O) groups is 3. The van der Waals surface area contributed by atoms with E-state index in [2.05, 4.69) is 5.32 Å². The quantitative estimate of drug-likeness (QED) is 0.668. The fraction of sp³-hybridized carbons (Fsp3) is 0.353. The first-order valence-electron chi connectivity index (χ1n) is 7.83. The smallest absolute Gasteiger partial charge is 0.244 e. The van der Waals surface area contributed by atoms with Crippen LogP contribution in [-0.4, -0.2) is 36.0 Å². The summed E-state index contributed by atoms with van der Waals surface area (Å²) in [4.78, 5) is 38.0. The summed E-state index contributed by atoms with van der Waals surface area (Å²) in [6.45, 7) is -0.112. The van der Waals surface area contributed by atoms with Crippen molar-refractivity contribution in [2.24, 2.45) is 11.8 Å². The molecule has 0 bridgehead atoms. The van der Waals surface area contributed by atoms with E-state index in [9.17, 15) is 14.4 Å². The molecule has 1 fully saturated rings. The van der Waals surface area contributed by atoms with Crippen molar-refractivity contribution < 1.29 is 23.9 Å². The zero-order valence-corrected chi connectivity index (χ0v) is 12.9. The van der Waals surface area contributed by atoms with Gasteiger partial charge in [0.2, 0.25) is 24.5 Å². The minimum absolute atomic E-state index is 0.153. The lowest BCUT2D eigenvalue weighted by Crippen LogP contribution is -2.38. The summed E-state index contributed by atoms with van der Waals surface area (Å²) < 4.78 is 10.5. The fourth-order valence-electron chi connectivity index (χ4n) is 3.34. The Labute approximate surface area is 138 Å². The highest BCUT2D eigenvalue weighted by atomic mass is 16.7. The van der Waals surface area contributed by atoms with Gasteiger partial charge < -0.3 is 14.8 Å². The number of hydrogen-bond acceptors (Lipinski definition) is 5. The molecule has 2 heterocycles. The van der Waals surface area contributed by atoms with Crippen LogP contribution in [0, 0.1) is 11.8 Å². The van der Waals surface area contributed by atoms with Crippen LogP contribution >= 0.6 is 0 Å². The first-order chi connectivity index (χ1) is 11.6. The van der Waals surface area contributed by atoms with E-state index in [1.807, 2.05) is 12.2 Å². The normalized spacial score (nSPS) is 24.2. The molecule has 24 heavy (non-hydrogen) atoms. The van der Waals surface area contributed by atoms with Crippen LogP contribution in [-0.2, 0) is 14.4 Å². The Kier molecular flexibility index (Phi) is 3.48. The molecule has 0 radical (unpaired) electrons. The lowest BCUT2D eigenvalue weighted by Gasteiger charge is -2.14. The third-order valence-electron chi connectivity index (χ3n) is 4.56. The summed E-state index contributed by atoms with van der Waals surface area (Å²) in [5.41, 5.74) is 0.530. The zero-order valence-electron chi connectivity index (χ0n) is 12.9. The molecule has 124 valence electrons. The first kappa shape index (κ1) is 14.7. The monoisotopic (exact) mass is 328 g/mol. The number of amides is 3. The Morgan fingerprint density at radius 1 is 1.08 bits per heavy atom. The minimum Gasteiger partial charge on any atom is -0.454 e. The first-order valence-corrected chi connectivity index (χ1v) is 7.83. The van der Waals surface area contributed by atoms with E-state index >= 15 is 0 Å². The SMILES string of the molecule is O=C(CN1C(=O)[C@@H]2CC=CC[C@H]2C1=O)Nc1ccc2c(c1)OCO2. The molecule has 4 rings (SSSR count). The molecule has 3 aliphatic rings. The van der Waals surface area contributed by atoms with E-state index in [4.69, 9.17) is 9.47 Å². The molecule has 1 saturated heterocycles. The lowest BCUT2D eigenvalue weighted by atomic mass is 9.85. The third-order valence-corrected chi connectivity index (χ3v) is 4.56. The highest BCUT2D eigenvalue weighted by molar-refractivity contribution is 6.08. The van der Waals surface area contributed by atoms with Crippen LogP contribution in [0.4, 0.5) is 5.69 Å². The van der Waals surface area contributed by atoms with Crippen molar-refractivity contribution in [2.45, 2.75) is 12.8 Å². The molecule has 0 unspecified atom stereocenters. The number of fused-ring (bicyclic) bond motifs is 2. The number of allylic oxidation sites excluding steroid dienone is 2. The number of anilines is 1. The number of hydrogen-bond donors (Lipinski definition) is 1. The number of ether oxygens (including phenoxy) is 2. The number of nitrogens with one attached hydrogen (secondary N) is 1. The van der Waals surface area contributed by atoms with Crippen molar-refractivity contribution in [1.82, 2.24) is 4.90 Å². The van der Waals surface area contributed by atoms with Gasteiger partial charge in [0.05, 0.1) is 11.8 Å². The van der Waals surface area contributed by atoms with Gasteiger partial charge in [-0.15, -0.1) is 0 Å². The number of imide groups is 1. The van der Waals surface area contributed by atoms with E-state index < -0.39 is 5.91 Å². The number of nitrogens with zero attached hydrogens (tertiary/aromatic N) is 1. The molecule has 1 aliphatic carbocycles. The standard InChI is InChI=1S/C17H16N2O5/c20-15(18-10-5-6-13-14(7-10)24-9-23-13)8-19-16(21)11-3-1-2-4-12(11)17(19)22/h1-2,5-7,11-12H,3-4,8-9H2,(H,18,20)/t11-,12-/m1/s1. The van der Waals surface area contributed by atoms with Gasteiger partial charge in [-0.25, -0.2) is 0 Å². The summed E-state index contributed by atoms with van der Waals surface area (Å²) in [6.07, 6.45) is 4.97. The van der Waals surface area contributed by atoms with Crippen molar-refractivity contribution in [1.29, 1.82) is 0 Å². The highest BCUT2D eigenvalue weighted by Crippen LogP contribution is 2.36. The topological polar surface area (TPSA) is 84.9 Å². The number of likely N-dealkylation sites (tertiary alicyclic amines) is 1. The van der Waals surface area contributed by atoms with Gasteiger partial charge in [-0.05, 0) is 25.0 Å². The molecule has 0 spiro atoms. The number of carbonyl (C=O) groups excluding carboxylic acids is 3. The molecule has 2 atom stereocenters. The van der Waals surface area contributed by atoms with Crippen molar-refractivity contribution in [3.63, 3.8) is 0 Å². The van der Waals surface area contributed by atoms with Gasteiger partial charge in [-0.3, -0.25) is 19.3 Å². The van der Waals surface area contributed by atoms with Crippen molar-refractivity contribution in [2.75, 3.05) is 18.7 Å². The number of rotatable bonds is 3. The molecule has 1 aromatic rings. The Morgan fingerprint density at radius 3 is 2.46 bits per heavy atom. The van der Waals surface area contributed by atoms with Gasteiger partial charge in [0.25, 0.3) is 0 Å². The van der Waals surface area contributed by atoms with Crippen LogP contribution in [0.1, 0.15) is 12.8 Å². The maximum atomic E-state index is 12.3. The Bertz CT molecular complexity index is 731. The Hall–Kier alpha value is -2.83. The van der Waals surface area contributed by atoms with E-state index in [-0.39, 0.29) is 37.0 Å². The van der Waals surface area contributed by atoms with E-state index in [1.165, 1.54) is 0 Å². The maximum absolute atomic E-state index is 12.3. The molecule has 2 aliphatic heterocycles. The van der Waals surface area contributed by atoms with E-state index in [0.29, 0.717) is 30.0 Å². The zero-order chi connectivity index (χ0) is 16.7. The van der Waals surface area contributed by atoms with Gasteiger partial charge in [0.1, 0.15) is 6.54 Å².